The predicted octanol–water partition coefficient (Wildman–Crippen LogP) is 2.96. The number of rotatable bonds is 6. The van der Waals surface area contributed by atoms with Gasteiger partial charge < -0.3 is 10.1 Å². The standard InChI is InChI=1S/C19H19N3O5/c1-3-27-16-7-5-4-6-13(16)12-21-17(23)19(2,20-18(21)24)14-8-10-15(11-9-14)22(25)26/h4-11H,3,12H2,1-2H3,(H,20,24)/t19-/m1/s1. The average molecular weight is 369 g/mol. The van der Waals surface area contributed by atoms with Gasteiger partial charge in [0.15, 0.2) is 0 Å². The lowest BCUT2D eigenvalue weighted by molar-refractivity contribution is -0.384. The monoisotopic (exact) mass is 369 g/mol. The molecule has 0 bridgehead atoms. The number of hydrogen-bond donors (Lipinski definition) is 1. The van der Waals surface area contributed by atoms with Crippen LogP contribution < -0.4 is 10.1 Å². The topological polar surface area (TPSA) is 102 Å². The average Bonchev–Trinajstić information content (AvgIpc) is 2.87. The van der Waals surface area contributed by atoms with Crippen molar-refractivity contribution in [2.75, 3.05) is 6.61 Å². The number of nitrogens with one attached hydrogen (secondary N) is 1. The van der Waals surface area contributed by atoms with Crippen molar-refractivity contribution in [1.29, 1.82) is 0 Å². The van der Waals surface area contributed by atoms with Crippen molar-refractivity contribution in [2.45, 2.75) is 25.9 Å². The molecule has 8 nitrogen and oxygen atoms in total. The smallest absolute Gasteiger partial charge is 0.325 e. The summed E-state index contributed by atoms with van der Waals surface area (Å²) in [6.07, 6.45) is 0. The van der Waals surface area contributed by atoms with Crippen LogP contribution in [0.15, 0.2) is 48.5 Å². The Balaban J connectivity index is 1.87. The first kappa shape index (κ1) is 18.4. The van der Waals surface area contributed by atoms with E-state index in [-0.39, 0.29) is 12.2 Å². The molecule has 1 saturated heterocycles. The number of urea groups is 1. The van der Waals surface area contributed by atoms with E-state index < -0.39 is 22.4 Å². The highest BCUT2D eigenvalue weighted by atomic mass is 16.6. The fourth-order valence-corrected chi connectivity index (χ4v) is 3.05. The molecule has 1 N–H and O–H groups in total. The largest absolute Gasteiger partial charge is 0.494 e. The van der Waals surface area contributed by atoms with Gasteiger partial charge in [0, 0.05) is 17.7 Å². The zero-order valence-corrected chi connectivity index (χ0v) is 15.0. The number of ether oxygens (including phenoxy) is 1. The van der Waals surface area contributed by atoms with Crippen molar-refractivity contribution >= 4 is 17.6 Å². The number of imide groups is 1. The molecule has 1 atom stereocenters. The normalized spacial score (nSPS) is 19.1. The van der Waals surface area contributed by atoms with E-state index in [9.17, 15) is 19.7 Å². The van der Waals surface area contributed by atoms with Gasteiger partial charge in [0.25, 0.3) is 11.6 Å². The van der Waals surface area contributed by atoms with Gasteiger partial charge >= 0.3 is 6.03 Å². The molecule has 0 radical (unpaired) electrons. The molecule has 140 valence electrons. The Morgan fingerprint density at radius 2 is 1.81 bits per heavy atom. The first-order chi connectivity index (χ1) is 12.9. The second-order valence-corrected chi connectivity index (χ2v) is 6.29. The SMILES string of the molecule is CCOc1ccccc1CN1C(=O)N[C@](C)(c2ccc([N+](=O)[O-])cc2)C1=O. The molecule has 3 rings (SSSR count). The van der Waals surface area contributed by atoms with Crippen LogP contribution in [0.2, 0.25) is 0 Å². The second kappa shape index (κ2) is 7.06. The fourth-order valence-electron chi connectivity index (χ4n) is 3.05. The number of non-ortho nitro benzene ring substituents is 1. The summed E-state index contributed by atoms with van der Waals surface area (Å²) in [5.41, 5.74) is -0.170. The number of nitrogens with zero attached hydrogens (tertiary/aromatic N) is 2. The lowest BCUT2D eigenvalue weighted by atomic mass is 9.92. The maximum atomic E-state index is 13.0. The molecule has 1 heterocycles. The molecule has 1 aliphatic heterocycles. The van der Waals surface area contributed by atoms with E-state index in [0.29, 0.717) is 17.9 Å². The van der Waals surface area contributed by atoms with Crippen LogP contribution in [0.5, 0.6) is 5.75 Å². The van der Waals surface area contributed by atoms with Crippen molar-refractivity contribution in [1.82, 2.24) is 10.2 Å². The van der Waals surface area contributed by atoms with E-state index in [1.807, 2.05) is 19.1 Å². The Labute approximate surface area is 155 Å². The van der Waals surface area contributed by atoms with Gasteiger partial charge in [0.2, 0.25) is 0 Å². The minimum absolute atomic E-state index is 0.0728. The molecule has 0 unspecified atom stereocenters. The minimum Gasteiger partial charge on any atom is -0.494 e. The van der Waals surface area contributed by atoms with Crippen molar-refractivity contribution < 1.29 is 19.2 Å². The van der Waals surface area contributed by atoms with E-state index in [4.69, 9.17) is 4.74 Å². The molecule has 27 heavy (non-hydrogen) atoms. The summed E-state index contributed by atoms with van der Waals surface area (Å²) in [7, 11) is 0. The third-order valence-corrected chi connectivity index (χ3v) is 4.53. The molecule has 2 aromatic rings. The van der Waals surface area contributed by atoms with E-state index in [1.54, 1.807) is 19.1 Å². The number of amides is 3. The first-order valence-corrected chi connectivity index (χ1v) is 8.46. The number of benzene rings is 2. The first-order valence-electron chi connectivity index (χ1n) is 8.46. The molecular formula is C19H19N3O5. The van der Waals surface area contributed by atoms with E-state index >= 15 is 0 Å². The van der Waals surface area contributed by atoms with Crippen molar-refractivity contribution in [3.8, 4) is 5.75 Å². The van der Waals surface area contributed by atoms with Gasteiger partial charge in [-0.3, -0.25) is 19.8 Å². The van der Waals surface area contributed by atoms with Gasteiger partial charge in [-0.25, -0.2) is 4.79 Å². The fraction of sp³-hybridized carbons (Fsp3) is 0.263. The number of nitro benzene ring substituents is 1. The Hall–Kier alpha value is -3.42. The second-order valence-electron chi connectivity index (χ2n) is 6.29. The molecule has 0 aliphatic carbocycles. The number of nitro groups is 1. The molecule has 1 fully saturated rings. The maximum absolute atomic E-state index is 13.0. The third kappa shape index (κ3) is 3.33. The van der Waals surface area contributed by atoms with E-state index in [0.717, 1.165) is 10.5 Å². The van der Waals surface area contributed by atoms with Crippen LogP contribution >= 0.6 is 0 Å². The maximum Gasteiger partial charge on any atom is 0.325 e. The summed E-state index contributed by atoms with van der Waals surface area (Å²) in [4.78, 5) is 36.9. The van der Waals surface area contributed by atoms with E-state index in [1.165, 1.54) is 24.3 Å². The molecule has 0 aromatic heterocycles. The highest BCUT2D eigenvalue weighted by molar-refractivity contribution is 6.07. The van der Waals surface area contributed by atoms with Crippen molar-refractivity contribution in [2.24, 2.45) is 0 Å². The summed E-state index contributed by atoms with van der Waals surface area (Å²) in [5.74, 6) is 0.192. The lowest BCUT2D eigenvalue weighted by Gasteiger charge is -2.22. The van der Waals surface area contributed by atoms with Gasteiger partial charge in [-0.2, -0.15) is 0 Å². The summed E-state index contributed by atoms with van der Waals surface area (Å²) >= 11 is 0. The third-order valence-electron chi connectivity index (χ3n) is 4.53. The molecule has 8 heteroatoms. The van der Waals surface area contributed by atoms with Gasteiger partial charge in [0.1, 0.15) is 11.3 Å². The minimum atomic E-state index is -1.28. The molecule has 1 aliphatic rings. The van der Waals surface area contributed by atoms with Crippen molar-refractivity contribution in [3.63, 3.8) is 0 Å². The molecular weight excluding hydrogens is 350 g/mol. The molecule has 0 saturated carbocycles. The number of carbonyl (C=O) groups is 2. The summed E-state index contributed by atoms with van der Waals surface area (Å²) in [6.45, 7) is 3.99. The Morgan fingerprint density at radius 1 is 1.15 bits per heavy atom. The molecule has 0 spiro atoms. The van der Waals surface area contributed by atoms with Crippen LogP contribution in [0.3, 0.4) is 0 Å². The summed E-state index contributed by atoms with van der Waals surface area (Å²) in [5, 5.41) is 13.5. The van der Waals surface area contributed by atoms with Crippen LogP contribution in [0.25, 0.3) is 0 Å². The van der Waals surface area contributed by atoms with Crippen LogP contribution in [0.1, 0.15) is 25.0 Å². The highest BCUT2D eigenvalue weighted by Gasteiger charge is 2.49. The molecule has 2 aromatic carbocycles. The number of para-hydroxylation sites is 1. The predicted molar refractivity (Wildman–Crippen MR) is 97.1 cm³/mol. The number of carbonyl (C=O) groups excluding carboxylic acids is 2. The van der Waals surface area contributed by atoms with E-state index in [2.05, 4.69) is 5.32 Å². The van der Waals surface area contributed by atoms with Gasteiger partial charge in [0.05, 0.1) is 18.1 Å². The quantitative estimate of drug-likeness (QED) is 0.479. The van der Waals surface area contributed by atoms with Crippen LogP contribution in [-0.2, 0) is 16.9 Å². The Bertz CT molecular complexity index is 896. The Kier molecular flexibility index (Phi) is 4.81. The highest BCUT2D eigenvalue weighted by Crippen LogP contribution is 2.32. The summed E-state index contributed by atoms with van der Waals surface area (Å²) < 4.78 is 5.56. The van der Waals surface area contributed by atoms with Crippen molar-refractivity contribution in [3.05, 3.63) is 69.8 Å². The van der Waals surface area contributed by atoms with Crippen LogP contribution in [0, 0.1) is 10.1 Å². The van der Waals surface area contributed by atoms with Gasteiger partial charge in [-0.05, 0) is 37.6 Å². The Morgan fingerprint density at radius 3 is 2.44 bits per heavy atom. The zero-order chi connectivity index (χ0) is 19.6. The lowest BCUT2D eigenvalue weighted by Crippen LogP contribution is -2.40. The van der Waals surface area contributed by atoms with Gasteiger partial charge in [-0.1, -0.05) is 18.2 Å². The zero-order valence-electron chi connectivity index (χ0n) is 15.0. The van der Waals surface area contributed by atoms with Crippen LogP contribution in [-0.4, -0.2) is 28.4 Å². The number of hydrogen-bond acceptors (Lipinski definition) is 5. The van der Waals surface area contributed by atoms with Crippen LogP contribution in [0.4, 0.5) is 10.5 Å². The summed E-state index contributed by atoms with van der Waals surface area (Å²) in [6, 6.07) is 12.3. The molecule has 3 amide bonds. The van der Waals surface area contributed by atoms with Gasteiger partial charge in [-0.15, -0.1) is 0 Å².